The van der Waals surface area contributed by atoms with E-state index in [9.17, 15) is 4.79 Å². The Labute approximate surface area is 130 Å². The van der Waals surface area contributed by atoms with Crippen LogP contribution in [-0.4, -0.2) is 31.9 Å². The smallest absolute Gasteiger partial charge is 0.290 e. The molecule has 0 saturated carbocycles. The second kappa shape index (κ2) is 5.94. The summed E-state index contributed by atoms with van der Waals surface area (Å²) < 4.78 is 7.57. The highest BCUT2D eigenvalue weighted by Gasteiger charge is 2.27. The van der Waals surface area contributed by atoms with Gasteiger partial charge >= 0.3 is 0 Å². The number of hydrogen-bond acceptors (Lipinski definition) is 4. The molecule has 0 spiro atoms. The van der Waals surface area contributed by atoms with Gasteiger partial charge in [0, 0.05) is 38.8 Å². The maximum Gasteiger partial charge on any atom is 0.290 e. The minimum atomic E-state index is -0.0510. The summed E-state index contributed by atoms with van der Waals surface area (Å²) in [6, 6.07) is 0. The molecule has 1 aliphatic rings. The molecule has 0 aliphatic carbocycles. The van der Waals surface area contributed by atoms with Crippen LogP contribution in [0.15, 0.2) is 16.8 Å². The molecule has 3 heterocycles. The molecule has 2 aromatic rings. The van der Waals surface area contributed by atoms with Crippen molar-refractivity contribution in [2.75, 3.05) is 6.54 Å². The van der Waals surface area contributed by atoms with E-state index in [1.54, 1.807) is 21.9 Å². The van der Waals surface area contributed by atoms with Crippen molar-refractivity contribution < 1.29 is 9.21 Å². The highest BCUT2D eigenvalue weighted by atomic mass is 16.4. The summed E-state index contributed by atoms with van der Waals surface area (Å²) in [5.74, 6) is 2.77. The third-order valence-corrected chi connectivity index (χ3v) is 4.01. The van der Waals surface area contributed by atoms with Crippen molar-refractivity contribution >= 4 is 5.91 Å². The summed E-state index contributed by atoms with van der Waals surface area (Å²) in [6.07, 6.45) is 6.07. The topological polar surface area (TPSA) is 64.2 Å². The quantitative estimate of drug-likeness (QED) is 0.868. The van der Waals surface area contributed by atoms with Gasteiger partial charge in [-0.05, 0) is 12.3 Å². The van der Waals surface area contributed by atoms with Crippen LogP contribution in [0.2, 0.25) is 0 Å². The largest absolute Gasteiger partial charge is 0.445 e. The van der Waals surface area contributed by atoms with Crippen molar-refractivity contribution in [2.24, 2.45) is 13.0 Å². The predicted octanol–water partition coefficient (Wildman–Crippen LogP) is 2.20. The number of amides is 1. The van der Waals surface area contributed by atoms with Crippen LogP contribution in [0.25, 0.3) is 0 Å². The highest BCUT2D eigenvalue weighted by molar-refractivity contribution is 5.90. The van der Waals surface area contributed by atoms with Crippen molar-refractivity contribution in [1.29, 1.82) is 0 Å². The molecule has 6 heteroatoms. The molecule has 0 atom stereocenters. The first-order chi connectivity index (χ1) is 10.5. The minimum absolute atomic E-state index is 0.0510. The lowest BCUT2D eigenvalue weighted by molar-refractivity contribution is 0.0712. The van der Waals surface area contributed by atoms with E-state index in [1.807, 2.05) is 7.05 Å². The molecule has 6 nitrogen and oxygen atoms in total. The van der Waals surface area contributed by atoms with Gasteiger partial charge in [0.1, 0.15) is 11.5 Å². The zero-order valence-electron chi connectivity index (χ0n) is 13.4. The molecule has 2 aromatic heterocycles. The number of aryl methyl sites for hydroxylation is 2. The van der Waals surface area contributed by atoms with Crippen molar-refractivity contribution in [2.45, 2.75) is 39.7 Å². The summed E-state index contributed by atoms with van der Waals surface area (Å²) in [5.41, 5.74) is 0.896. The maximum atomic E-state index is 12.5. The number of aromatic nitrogens is 3. The Balaban J connectivity index is 1.71. The first kappa shape index (κ1) is 14.8. The predicted molar refractivity (Wildman–Crippen MR) is 81.3 cm³/mol. The molecule has 0 fully saturated rings. The van der Waals surface area contributed by atoms with Crippen LogP contribution >= 0.6 is 0 Å². The summed E-state index contributed by atoms with van der Waals surface area (Å²) in [5, 5.41) is 0. The molecule has 3 rings (SSSR count). The van der Waals surface area contributed by atoms with E-state index >= 15 is 0 Å². The monoisotopic (exact) mass is 302 g/mol. The van der Waals surface area contributed by atoms with E-state index in [0.29, 0.717) is 24.8 Å². The van der Waals surface area contributed by atoms with E-state index in [4.69, 9.17) is 4.42 Å². The van der Waals surface area contributed by atoms with Crippen LogP contribution in [0.4, 0.5) is 0 Å². The van der Waals surface area contributed by atoms with E-state index in [-0.39, 0.29) is 5.91 Å². The molecular formula is C16H22N4O2. The Kier molecular flexibility index (Phi) is 4.00. The van der Waals surface area contributed by atoms with E-state index in [2.05, 4.69) is 23.8 Å². The lowest BCUT2D eigenvalue weighted by Gasteiger charge is -2.24. The third kappa shape index (κ3) is 2.91. The zero-order chi connectivity index (χ0) is 15.7. The molecule has 0 saturated heterocycles. The first-order valence-corrected chi connectivity index (χ1v) is 7.78. The highest BCUT2D eigenvalue weighted by Crippen LogP contribution is 2.22. The molecule has 0 radical (unpaired) electrons. The van der Waals surface area contributed by atoms with Crippen LogP contribution in [0.5, 0.6) is 0 Å². The normalized spacial score (nSPS) is 14.5. The van der Waals surface area contributed by atoms with Gasteiger partial charge in [-0.1, -0.05) is 13.8 Å². The van der Waals surface area contributed by atoms with Crippen LogP contribution < -0.4 is 0 Å². The number of carbonyl (C=O) groups excluding carboxylic acids is 1. The first-order valence-electron chi connectivity index (χ1n) is 7.78. The Morgan fingerprint density at radius 3 is 2.95 bits per heavy atom. The fourth-order valence-corrected chi connectivity index (χ4v) is 2.66. The van der Waals surface area contributed by atoms with Gasteiger partial charge in [-0.2, -0.15) is 0 Å². The molecule has 118 valence electrons. The number of imidazole rings is 1. The Hall–Kier alpha value is -2.11. The average molecular weight is 302 g/mol. The summed E-state index contributed by atoms with van der Waals surface area (Å²) in [4.78, 5) is 23.0. The van der Waals surface area contributed by atoms with Gasteiger partial charge in [0.25, 0.3) is 5.91 Å². The van der Waals surface area contributed by atoms with Gasteiger partial charge in [0.05, 0.1) is 6.54 Å². The molecule has 0 unspecified atom stereocenters. The third-order valence-electron chi connectivity index (χ3n) is 4.01. The molecule has 0 aromatic carbocycles. The number of rotatable bonds is 4. The Bertz CT molecular complexity index is 671. The SMILES string of the molecule is CC(C)CCc1nc2c(o1)CCN(C(=O)c1nccn1C)C2. The van der Waals surface area contributed by atoms with E-state index in [1.165, 1.54) is 0 Å². The average Bonchev–Trinajstić information content (AvgIpc) is 3.09. The van der Waals surface area contributed by atoms with E-state index in [0.717, 1.165) is 36.6 Å². The number of nitrogens with zero attached hydrogens (tertiary/aromatic N) is 4. The summed E-state index contributed by atoms with van der Waals surface area (Å²) >= 11 is 0. The van der Waals surface area contributed by atoms with Crippen molar-refractivity contribution in [3.05, 3.63) is 35.6 Å². The molecule has 22 heavy (non-hydrogen) atoms. The van der Waals surface area contributed by atoms with Crippen LogP contribution in [0.1, 0.15) is 48.2 Å². The van der Waals surface area contributed by atoms with Crippen LogP contribution in [0.3, 0.4) is 0 Å². The molecule has 1 amide bonds. The number of carbonyl (C=O) groups is 1. The van der Waals surface area contributed by atoms with Gasteiger partial charge in [-0.3, -0.25) is 4.79 Å². The second-order valence-corrected chi connectivity index (χ2v) is 6.25. The molecule has 0 bridgehead atoms. The standard InChI is InChI=1S/C16H22N4O2/c1-11(2)4-5-14-18-12-10-20(8-6-13(12)22-14)16(21)15-17-7-9-19(15)3/h7,9,11H,4-6,8,10H2,1-3H3. The molecular weight excluding hydrogens is 280 g/mol. The zero-order valence-corrected chi connectivity index (χ0v) is 13.4. The summed E-state index contributed by atoms with van der Waals surface area (Å²) in [7, 11) is 1.83. The maximum absolute atomic E-state index is 12.5. The Morgan fingerprint density at radius 2 is 2.27 bits per heavy atom. The van der Waals surface area contributed by atoms with Gasteiger partial charge in [-0.15, -0.1) is 0 Å². The van der Waals surface area contributed by atoms with E-state index < -0.39 is 0 Å². The number of oxazole rings is 1. The molecule has 0 N–H and O–H groups in total. The van der Waals surface area contributed by atoms with Crippen molar-refractivity contribution in [1.82, 2.24) is 19.4 Å². The minimum Gasteiger partial charge on any atom is -0.445 e. The number of hydrogen-bond donors (Lipinski definition) is 0. The van der Waals surface area contributed by atoms with Crippen molar-refractivity contribution in [3.63, 3.8) is 0 Å². The Morgan fingerprint density at radius 1 is 1.45 bits per heavy atom. The molecule has 1 aliphatic heterocycles. The number of fused-ring (bicyclic) bond motifs is 1. The van der Waals surface area contributed by atoms with Gasteiger partial charge in [0.2, 0.25) is 0 Å². The van der Waals surface area contributed by atoms with Crippen LogP contribution in [0, 0.1) is 5.92 Å². The summed E-state index contributed by atoms with van der Waals surface area (Å²) in [6.45, 7) is 5.54. The second-order valence-electron chi connectivity index (χ2n) is 6.25. The lowest BCUT2D eigenvalue weighted by Crippen LogP contribution is -2.37. The lowest BCUT2D eigenvalue weighted by atomic mass is 10.1. The fourth-order valence-electron chi connectivity index (χ4n) is 2.66. The van der Waals surface area contributed by atoms with Gasteiger partial charge < -0.3 is 13.9 Å². The van der Waals surface area contributed by atoms with Gasteiger partial charge in [-0.25, -0.2) is 9.97 Å². The van der Waals surface area contributed by atoms with Crippen molar-refractivity contribution in [3.8, 4) is 0 Å². The van der Waals surface area contributed by atoms with Crippen LogP contribution in [-0.2, 0) is 26.4 Å². The van der Waals surface area contributed by atoms with Gasteiger partial charge in [0.15, 0.2) is 11.7 Å². The fraction of sp³-hybridized carbons (Fsp3) is 0.562.